The van der Waals surface area contributed by atoms with Gasteiger partial charge in [-0.2, -0.15) is 0 Å². The third-order valence-corrected chi connectivity index (χ3v) is 2.74. The van der Waals surface area contributed by atoms with Crippen LogP contribution in [0.1, 0.15) is 17.3 Å². The molecule has 0 aliphatic heterocycles. The molecule has 0 spiro atoms. The third kappa shape index (κ3) is 4.62. The maximum absolute atomic E-state index is 11.1. The van der Waals surface area contributed by atoms with Crippen molar-refractivity contribution in [2.24, 2.45) is 0 Å². The number of hydrogen-bond donors (Lipinski definition) is 1. The predicted molar refractivity (Wildman–Crippen MR) is 63.6 cm³/mol. The van der Waals surface area contributed by atoms with Gasteiger partial charge >= 0.3 is 11.9 Å². The molecule has 1 heterocycles. The molecule has 0 amide bonds. The average molecular weight is 276 g/mol. The van der Waals surface area contributed by atoms with Crippen molar-refractivity contribution < 1.29 is 19.4 Å². The number of aromatic nitrogens is 1. The highest BCUT2D eigenvalue weighted by molar-refractivity contribution is 7.99. The third-order valence-electron chi connectivity index (χ3n) is 1.66. The molecule has 1 aromatic heterocycles. The lowest BCUT2D eigenvalue weighted by Gasteiger charge is -2.03. The molecule has 5 nitrogen and oxygen atoms in total. The van der Waals surface area contributed by atoms with Crippen LogP contribution in [0.2, 0.25) is 5.15 Å². The maximum atomic E-state index is 11.1. The highest BCUT2D eigenvalue weighted by Gasteiger charge is 2.10. The van der Waals surface area contributed by atoms with Crippen molar-refractivity contribution >= 4 is 35.3 Å². The van der Waals surface area contributed by atoms with E-state index in [9.17, 15) is 9.59 Å². The van der Waals surface area contributed by atoms with Gasteiger partial charge in [0.2, 0.25) is 0 Å². The van der Waals surface area contributed by atoms with Crippen LogP contribution < -0.4 is 0 Å². The first-order valence-corrected chi connectivity index (χ1v) is 6.08. The zero-order chi connectivity index (χ0) is 12.8. The van der Waals surface area contributed by atoms with E-state index in [1.807, 2.05) is 0 Å². The molecule has 0 saturated carbocycles. The van der Waals surface area contributed by atoms with E-state index < -0.39 is 5.97 Å². The van der Waals surface area contributed by atoms with Crippen molar-refractivity contribution in [2.75, 3.05) is 12.4 Å². The lowest BCUT2D eigenvalue weighted by Crippen LogP contribution is -2.07. The van der Waals surface area contributed by atoms with E-state index in [-0.39, 0.29) is 22.4 Å². The minimum atomic E-state index is -1.09. The number of carbonyl (C=O) groups is 2. The fourth-order valence-electron chi connectivity index (χ4n) is 1.01. The molecular formula is C10H10ClNO4S. The minimum absolute atomic E-state index is 0.0383. The van der Waals surface area contributed by atoms with Gasteiger partial charge in [-0.3, -0.25) is 4.79 Å². The van der Waals surface area contributed by atoms with Gasteiger partial charge in [-0.1, -0.05) is 23.4 Å². The molecule has 17 heavy (non-hydrogen) atoms. The first-order valence-electron chi connectivity index (χ1n) is 4.72. The van der Waals surface area contributed by atoms with Gasteiger partial charge in [0.25, 0.3) is 0 Å². The zero-order valence-corrected chi connectivity index (χ0v) is 10.5. The van der Waals surface area contributed by atoms with E-state index in [2.05, 4.69) is 4.98 Å². The fraction of sp³-hybridized carbons (Fsp3) is 0.300. The molecule has 0 aromatic carbocycles. The Balaban J connectivity index is 2.71. The molecule has 0 radical (unpaired) electrons. The first kappa shape index (κ1) is 13.8. The fourth-order valence-corrected chi connectivity index (χ4v) is 1.99. The monoisotopic (exact) mass is 275 g/mol. The van der Waals surface area contributed by atoms with Gasteiger partial charge in [0, 0.05) is 0 Å². The Morgan fingerprint density at radius 3 is 2.82 bits per heavy atom. The molecule has 0 bridgehead atoms. The van der Waals surface area contributed by atoms with Crippen LogP contribution in [0.5, 0.6) is 0 Å². The summed E-state index contributed by atoms with van der Waals surface area (Å²) in [6.07, 6.45) is 0. The summed E-state index contributed by atoms with van der Waals surface area (Å²) in [7, 11) is 0. The second-order valence-electron chi connectivity index (χ2n) is 2.92. The molecule has 0 unspecified atom stereocenters. The predicted octanol–water partition coefficient (Wildman–Crippen LogP) is 2.09. The van der Waals surface area contributed by atoms with Gasteiger partial charge in [0.1, 0.15) is 5.15 Å². The number of hydrogen-bond acceptors (Lipinski definition) is 5. The van der Waals surface area contributed by atoms with E-state index in [4.69, 9.17) is 21.4 Å². The Morgan fingerprint density at radius 1 is 1.53 bits per heavy atom. The number of carboxylic acid groups (broad SMARTS) is 1. The maximum Gasteiger partial charge on any atom is 0.335 e. The number of esters is 1. The summed E-state index contributed by atoms with van der Waals surface area (Å²) in [4.78, 5) is 25.8. The van der Waals surface area contributed by atoms with E-state index >= 15 is 0 Å². The van der Waals surface area contributed by atoms with Crippen LogP contribution >= 0.6 is 23.4 Å². The number of ether oxygens (including phenoxy) is 1. The van der Waals surface area contributed by atoms with Crippen LogP contribution in [0.3, 0.4) is 0 Å². The van der Waals surface area contributed by atoms with Crippen molar-refractivity contribution in [3.8, 4) is 0 Å². The Hall–Kier alpha value is -1.27. The number of halogens is 1. The molecule has 0 saturated heterocycles. The minimum Gasteiger partial charge on any atom is -0.478 e. The van der Waals surface area contributed by atoms with E-state index in [1.54, 1.807) is 6.92 Å². The lowest BCUT2D eigenvalue weighted by molar-refractivity contribution is -0.139. The van der Waals surface area contributed by atoms with E-state index in [1.165, 1.54) is 12.1 Å². The van der Waals surface area contributed by atoms with Gasteiger partial charge in [-0.05, 0) is 19.1 Å². The Labute approximate surface area is 107 Å². The Bertz CT molecular complexity index is 438. The topological polar surface area (TPSA) is 76.5 Å². The van der Waals surface area contributed by atoms with Crippen molar-refractivity contribution in [1.29, 1.82) is 0 Å². The smallest absolute Gasteiger partial charge is 0.335 e. The molecule has 1 aromatic rings. The van der Waals surface area contributed by atoms with Crippen LogP contribution in [0.15, 0.2) is 17.2 Å². The molecule has 1 rings (SSSR count). The summed E-state index contributed by atoms with van der Waals surface area (Å²) in [5.41, 5.74) is 0.0383. The van der Waals surface area contributed by atoms with Gasteiger partial charge in [0.15, 0.2) is 0 Å². The molecule has 0 aliphatic carbocycles. The first-order chi connectivity index (χ1) is 8.02. The van der Waals surface area contributed by atoms with Crippen LogP contribution in [0.25, 0.3) is 0 Å². The van der Waals surface area contributed by atoms with Crippen LogP contribution in [0.4, 0.5) is 0 Å². The molecule has 0 fully saturated rings. The summed E-state index contributed by atoms with van der Waals surface area (Å²) in [6.45, 7) is 2.02. The second kappa shape index (κ2) is 6.46. The van der Waals surface area contributed by atoms with Crippen molar-refractivity contribution in [3.63, 3.8) is 0 Å². The summed E-state index contributed by atoms with van der Waals surface area (Å²) in [5.74, 6) is -1.40. The normalized spacial score (nSPS) is 10.0. The molecule has 7 heteroatoms. The number of rotatable bonds is 5. The van der Waals surface area contributed by atoms with Gasteiger partial charge in [-0.15, -0.1) is 0 Å². The SMILES string of the molecule is CCOC(=O)CSc1cc(C(=O)O)cc(Cl)n1. The summed E-state index contributed by atoms with van der Waals surface area (Å²) in [5, 5.41) is 9.27. The number of carboxylic acids is 1. The van der Waals surface area contributed by atoms with Crippen LogP contribution in [-0.2, 0) is 9.53 Å². The van der Waals surface area contributed by atoms with Gasteiger partial charge < -0.3 is 9.84 Å². The lowest BCUT2D eigenvalue weighted by atomic mass is 10.3. The van der Waals surface area contributed by atoms with Gasteiger partial charge in [0.05, 0.1) is 22.9 Å². The number of carbonyl (C=O) groups excluding carboxylic acids is 1. The standard InChI is InChI=1S/C10H10ClNO4S/c1-2-16-9(13)5-17-8-4-6(10(14)15)3-7(11)12-8/h3-4H,2,5H2,1H3,(H,14,15). The summed E-state index contributed by atoms with van der Waals surface area (Å²) in [6, 6.07) is 2.61. The highest BCUT2D eigenvalue weighted by Crippen LogP contribution is 2.20. The summed E-state index contributed by atoms with van der Waals surface area (Å²) >= 11 is 6.75. The number of aromatic carboxylic acids is 1. The second-order valence-corrected chi connectivity index (χ2v) is 4.30. The molecule has 0 aliphatic rings. The largest absolute Gasteiger partial charge is 0.478 e. The number of thioether (sulfide) groups is 1. The quantitative estimate of drug-likeness (QED) is 0.504. The molecule has 92 valence electrons. The van der Waals surface area contributed by atoms with Crippen molar-refractivity contribution in [1.82, 2.24) is 4.98 Å². The highest BCUT2D eigenvalue weighted by atomic mass is 35.5. The zero-order valence-electron chi connectivity index (χ0n) is 8.97. The molecular weight excluding hydrogens is 266 g/mol. The Morgan fingerprint density at radius 2 is 2.24 bits per heavy atom. The van der Waals surface area contributed by atoms with Crippen molar-refractivity contribution in [3.05, 3.63) is 22.8 Å². The van der Waals surface area contributed by atoms with E-state index in [0.717, 1.165) is 11.8 Å². The number of pyridine rings is 1. The number of nitrogens with zero attached hydrogens (tertiary/aromatic N) is 1. The van der Waals surface area contributed by atoms with E-state index in [0.29, 0.717) is 11.6 Å². The Kier molecular flexibility index (Phi) is 5.24. The van der Waals surface area contributed by atoms with Gasteiger partial charge in [-0.25, -0.2) is 9.78 Å². The molecule has 0 atom stereocenters. The average Bonchev–Trinajstić information content (AvgIpc) is 2.26. The van der Waals surface area contributed by atoms with Crippen LogP contribution in [-0.4, -0.2) is 34.4 Å². The summed E-state index contributed by atoms with van der Waals surface area (Å²) < 4.78 is 4.73. The van der Waals surface area contributed by atoms with Crippen molar-refractivity contribution in [2.45, 2.75) is 11.9 Å². The molecule has 1 N–H and O–H groups in total. The van der Waals surface area contributed by atoms with Crippen LogP contribution in [0, 0.1) is 0 Å².